The van der Waals surface area contributed by atoms with Gasteiger partial charge in [0.1, 0.15) is 29.9 Å². The maximum Gasteiger partial charge on any atom is 0.244 e. The number of ether oxygens (including phenoxy) is 1. The molecule has 45 heavy (non-hydrogen) atoms. The van der Waals surface area contributed by atoms with Crippen molar-refractivity contribution >= 4 is 27.5 Å². The summed E-state index contributed by atoms with van der Waals surface area (Å²) >= 11 is 0. The van der Waals surface area contributed by atoms with Gasteiger partial charge in [-0.15, -0.1) is 0 Å². The maximum absolute atomic E-state index is 14.9. The lowest BCUT2D eigenvalue weighted by molar-refractivity contribution is -0.140. The Labute approximate surface area is 264 Å². The van der Waals surface area contributed by atoms with Crippen LogP contribution in [0.3, 0.4) is 0 Å². The van der Waals surface area contributed by atoms with E-state index in [1.54, 1.807) is 54.6 Å². The number of carbonyl (C=O) groups is 2. The van der Waals surface area contributed by atoms with Crippen molar-refractivity contribution in [3.63, 3.8) is 0 Å². The summed E-state index contributed by atoms with van der Waals surface area (Å²) in [4.78, 5) is 29.1. The number of sulfonamides is 1. The zero-order valence-electron chi connectivity index (χ0n) is 25.4. The predicted molar refractivity (Wildman–Crippen MR) is 174 cm³/mol. The van der Waals surface area contributed by atoms with Crippen LogP contribution in [0.1, 0.15) is 30.9 Å². The van der Waals surface area contributed by atoms with E-state index in [0.717, 1.165) is 29.0 Å². The SMILES string of the molecule is CCCCNC(=O)[C@@H](Cc1ccccc1)N(Cc1ccccc1F)C(=O)CN(c1ccc(Oc2ccccc2)cc1)S(C)(=O)=O. The number of amides is 2. The van der Waals surface area contributed by atoms with Gasteiger partial charge in [-0.25, -0.2) is 12.8 Å². The Morgan fingerprint density at radius 3 is 2.07 bits per heavy atom. The fourth-order valence-electron chi connectivity index (χ4n) is 4.79. The van der Waals surface area contributed by atoms with Gasteiger partial charge in [0.15, 0.2) is 0 Å². The molecule has 0 aromatic heterocycles. The fourth-order valence-corrected chi connectivity index (χ4v) is 5.64. The van der Waals surface area contributed by atoms with Crippen LogP contribution in [-0.2, 0) is 32.6 Å². The van der Waals surface area contributed by atoms with Gasteiger partial charge in [0.05, 0.1) is 11.9 Å². The van der Waals surface area contributed by atoms with E-state index < -0.39 is 40.2 Å². The Bertz CT molecular complexity index is 1650. The summed E-state index contributed by atoms with van der Waals surface area (Å²) in [7, 11) is -3.95. The second-order valence-corrected chi connectivity index (χ2v) is 12.5. The van der Waals surface area contributed by atoms with Crippen molar-refractivity contribution in [2.24, 2.45) is 0 Å². The number of unbranched alkanes of at least 4 members (excludes halogenated alkanes) is 1. The van der Waals surface area contributed by atoms with Crippen molar-refractivity contribution in [1.82, 2.24) is 10.2 Å². The number of nitrogens with zero attached hydrogens (tertiary/aromatic N) is 2. The molecule has 2 amide bonds. The van der Waals surface area contributed by atoms with Gasteiger partial charge >= 0.3 is 0 Å². The van der Waals surface area contributed by atoms with Crippen LogP contribution in [0.4, 0.5) is 10.1 Å². The highest BCUT2D eigenvalue weighted by molar-refractivity contribution is 7.92. The smallest absolute Gasteiger partial charge is 0.244 e. The summed E-state index contributed by atoms with van der Waals surface area (Å²) in [6.07, 6.45) is 2.77. The largest absolute Gasteiger partial charge is 0.457 e. The molecule has 0 aliphatic heterocycles. The molecule has 0 spiro atoms. The van der Waals surface area contributed by atoms with E-state index >= 15 is 0 Å². The predicted octanol–water partition coefficient (Wildman–Crippen LogP) is 5.94. The zero-order valence-corrected chi connectivity index (χ0v) is 26.3. The molecule has 0 heterocycles. The van der Waals surface area contributed by atoms with Gasteiger partial charge in [0.2, 0.25) is 21.8 Å². The third-order valence-corrected chi connectivity index (χ3v) is 8.32. The summed E-state index contributed by atoms with van der Waals surface area (Å²) in [6.45, 7) is 1.59. The maximum atomic E-state index is 14.9. The van der Waals surface area contributed by atoms with Gasteiger partial charge in [-0.05, 0) is 54.4 Å². The third kappa shape index (κ3) is 9.64. The van der Waals surface area contributed by atoms with Gasteiger partial charge in [-0.1, -0.05) is 80.1 Å². The van der Waals surface area contributed by atoms with Gasteiger partial charge in [-0.3, -0.25) is 13.9 Å². The lowest BCUT2D eigenvalue weighted by Gasteiger charge is -2.33. The number of anilines is 1. The Hall–Kier alpha value is -4.70. The molecule has 1 atom stereocenters. The van der Waals surface area contributed by atoms with Crippen LogP contribution in [-0.4, -0.2) is 50.5 Å². The molecule has 1 N–H and O–H groups in total. The Balaban J connectivity index is 1.67. The van der Waals surface area contributed by atoms with Gasteiger partial charge in [0.25, 0.3) is 0 Å². The first kappa shape index (κ1) is 33.2. The number of carbonyl (C=O) groups excluding carboxylic acids is 2. The lowest BCUT2D eigenvalue weighted by Crippen LogP contribution is -2.53. The molecular formula is C35H38FN3O5S. The van der Waals surface area contributed by atoms with Gasteiger partial charge in [0, 0.05) is 25.1 Å². The molecule has 0 saturated heterocycles. The molecule has 0 fully saturated rings. The highest BCUT2D eigenvalue weighted by Gasteiger charge is 2.33. The van der Waals surface area contributed by atoms with Crippen LogP contribution in [0.25, 0.3) is 0 Å². The van der Waals surface area contributed by atoms with E-state index in [2.05, 4.69) is 5.32 Å². The first-order chi connectivity index (χ1) is 21.7. The summed E-state index contributed by atoms with van der Waals surface area (Å²) in [5, 5.41) is 2.91. The summed E-state index contributed by atoms with van der Waals surface area (Å²) in [5.41, 5.74) is 1.25. The highest BCUT2D eigenvalue weighted by atomic mass is 32.2. The molecule has 4 aromatic carbocycles. The fraction of sp³-hybridized carbons (Fsp3) is 0.257. The normalized spacial score (nSPS) is 11.8. The molecule has 4 aromatic rings. The zero-order chi connectivity index (χ0) is 32.2. The Morgan fingerprint density at radius 1 is 0.844 bits per heavy atom. The minimum Gasteiger partial charge on any atom is -0.457 e. The van der Waals surface area contributed by atoms with Gasteiger partial charge in [-0.2, -0.15) is 0 Å². The quantitative estimate of drug-likeness (QED) is 0.164. The van der Waals surface area contributed by atoms with Crippen molar-refractivity contribution in [2.45, 2.75) is 38.8 Å². The van der Waals surface area contributed by atoms with Crippen molar-refractivity contribution < 1.29 is 27.1 Å². The first-order valence-corrected chi connectivity index (χ1v) is 16.7. The minimum atomic E-state index is -3.95. The molecular weight excluding hydrogens is 593 g/mol. The van der Waals surface area contributed by atoms with Crippen molar-refractivity contribution in [1.29, 1.82) is 0 Å². The van der Waals surface area contributed by atoms with E-state index in [1.807, 2.05) is 55.5 Å². The Kier molecular flexibility index (Phi) is 11.7. The standard InChI is InChI=1S/C35H38FN3O5S/c1-3-4-23-37-35(41)33(24-27-13-7-5-8-14-27)38(25-28-15-11-12-18-32(28)36)34(40)26-39(45(2,42)43)29-19-21-31(22-20-29)44-30-16-9-6-10-17-30/h5-22,33H,3-4,23-26H2,1-2H3,(H,37,41)/t33-/m1/s1. The second-order valence-electron chi connectivity index (χ2n) is 10.6. The van der Waals surface area contributed by atoms with Crippen molar-refractivity contribution in [3.8, 4) is 11.5 Å². The molecule has 0 aliphatic rings. The molecule has 0 aliphatic carbocycles. The van der Waals surface area contributed by atoms with E-state index in [1.165, 1.54) is 11.0 Å². The van der Waals surface area contributed by atoms with Crippen LogP contribution in [0.5, 0.6) is 11.5 Å². The van der Waals surface area contributed by atoms with Gasteiger partial charge < -0.3 is 15.0 Å². The Morgan fingerprint density at radius 2 is 1.44 bits per heavy atom. The molecule has 4 rings (SSSR count). The lowest BCUT2D eigenvalue weighted by atomic mass is 10.0. The number of hydrogen-bond acceptors (Lipinski definition) is 5. The molecule has 0 radical (unpaired) electrons. The van der Waals surface area contributed by atoms with Crippen LogP contribution in [0.15, 0.2) is 109 Å². The number of rotatable bonds is 15. The van der Waals surface area contributed by atoms with Crippen molar-refractivity contribution in [2.75, 3.05) is 23.7 Å². The first-order valence-electron chi connectivity index (χ1n) is 14.8. The highest BCUT2D eigenvalue weighted by Crippen LogP contribution is 2.26. The number of halogens is 1. The van der Waals surface area contributed by atoms with E-state index in [9.17, 15) is 22.4 Å². The minimum absolute atomic E-state index is 0.156. The summed E-state index contributed by atoms with van der Waals surface area (Å²) in [5.74, 6) is -0.484. The molecule has 10 heteroatoms. The van der Waals surface area contributed by atoms with Crippen LogP contribution < -0.4 is 14.4 Å². The van der Waals surface area contributed by atoms with E-state index in [-0.39, 0.29) is 24.2 Å². The van der Waals surface area contributed by atoms with Crippen LogP contribution >= 0.6 is 0 Å². The van der Waals surface area contributed by atoms with E-state index in [0.29, 0.717) is 18.0 Å². The number of nitrogens with one attached hydrogen (secondary N) is 1. The monoisotopic (exact) mass is 631 g/mol. The summed E-state index contributed by atoms with van der Waals surface area (Å²) < 4.78 is 47.8. The number of benzene rings is 4. The molecule has 0 saturated carbocycles. The van der Waals surface area contributed by atoms with E-state index in [4.69, 9.17) is 4.74 Å². The number of para-hydroxylation sites is 1. The van der Waals surface area contributed by atoms with Crippen LogP contribution in [0.2, 0.25) is 0 Å². The summed E-state index contributed by atoms with van der Waals surface area (Å²) in [6, 6.07) is 29.7. The molecule has 8 nitrogen and oxygen atoms in total. The van der Waals surface area contributed by atoms with Crippen molar-refractivity contribution in [3.05, 3.63) is 126 Å². The van der Waals surface area contributed by atoms with Crippen LogP contribution in [0, 0.1) is 5.82 Å². The average molecular weight is 632 g/mol. The molecule has 0 unspecified atom stereocenters. The molecule has 236 valence electrons. The molecule has 0 bridgehead atoms. The topological polar surface area (TPSA) is 96.0 Å². The third-order valence-electron chi connectivity index (χ3n) is 7.18. The number of hydrogen-bond donors (Lipinski definition) is 1. The average Bonchev–Trinajstić information content (AvgIpc) is 3.03. The second kappa shape index (κ2) is 15.9.